The van der Waals surface area contributed by atoms with E-state index >= 15 is 0 Å². The molecule has 2 aromatic heterocycles. The molecule has 0 aliphatic heterocycles. The van der Waals surface area contributed by atoms with E-state index in [0.29, 0.717) is 16.0 Å². The van der Waals surface area contributed by atoms with E-state index in [1.54, 1.807) is 19.2 Å². The van der Waals surface area contributed by atoms with Crippen molar-refractivity contribution in [1.82, 2.24) is 9.97 Å². The summed E-state index contributed by atoms with van der Waals surface area (Å²) >= 11 is 7.41. The smallest absolute Gasteiger partial charge is 0.277 e. The maximum atomic E-state index is 12.2. The van der Waals surface area contributed by atoms with Crippen LogP contribution in [0.3, 0.4) is 0 Å². The number of anilines is 2. The first kappa shape index (κ1) is 15.7. The van der Waals surface area contributed by atoms with Crippen LogP contribution in [-0.4, -0.2) is 22.9 Å². The Hall–Kier alpha value is -1.66. The van der Waals surface area contributed by atoms with Crippen molar-refractivity contribution in [2.75, 3.05) is 17.7 Å². The van der Waals surface area contributed by atoms with Crippen LogP contribution in [0.5, 0.6) is 0 Å². The van der Waals surface area contributed by atoms with Gasteiger partial charge in [-0.15, -0.1) is 11.3 Å². The summed E-state index contributed by atoms with van der Waals surface area (Å²) in [4.78, 5) is 20.8. The van der Waals surface area contributed by atoms with Gasteiger partial charge in [-0.1, -0.05) is 32.4 Å². The number of carbonyl (C=O) groups is 1. The van der Waals surface area contributed by atoms with Gasteiger partial charge in [-0.3, -0.25) is 10.1 Å². The van der Waals surface area contributed by atoms with Crippen LogP contribution in [0, 0.1) is 0 Å². The highest BCUT2D eigenvalue weighted by molar-refractivity contribution is 7.14. The molecule has 0 spiro atoms. The molecule has 1 amide bonds. The second kappa shape index (κ2) is 5.99. The Labute approximate surface area is 132 Å². The van der Waals surface area contributed by atoms with Gasteiger partial charge in [0.25, 0.3) is 5.91 Å². The van der Waals surface area contributed by atoms with Crippen molar-refractivity contribution in [2.24, 2.45) is 0 Å². The van der Waals surface area contributed by atoms with Gasteiger partial charge in [0, 0.05) is 17.8 Å². The molecule has 21 heavy (non-hydrogen) atoms. The maximum Gasteiger partial charge on any atom is 0.277 e. The van der Waals surface area contributed by atoms with Gasteiger partial charge in [-0.05, 0) is 12.1 Å². The molecule has 2 N–H and O–H groups in total. The van der Waals surface area contributed by atoms with Crippen molar-refractivity contribution in [1.29, 1.82) is 0 Å². The van der Waals surface area contributed by atoms with Crippen molar-refractivity contribution >= 4 is 39.8 Å². The molecule has 0 unspecified atom stereocenters. The van der Waals surface area contributed by atoms with Crippen LogP contribution in [0.2, 0.25) is 5.02 Å². The van der Waals surface area contributed by atoms with Crippen molar-refractivity contribution in [3.8, 4) is 0 Å². The van der Waals surface area contributed by atoms with E-state index in [9.17, 15) is 4.79 Å². The van der Waals surface area contributed by atoms with Gasteiger partial charge in [-0.2, -0.15) is 0 Å². The fourth-order valence-electron chi connectivity index (χ4n) is 1.57. The number of hydrogen-bond donors (Lipinski definition) is 2. The number of nitrogens with one attached hydrogen (secondary N) is 2. The summed E-state index contributed by atoms with van der Waals surface area (Å²) in [7, 11) is 1.73. The fraction of sp³-hybridized carbons (Fsp3) is 0.357. The number of nitrogens with zero attached hydrogens (tertiary/aromatic N) is 2. The highest BCUT2D eigenvalue weighted by atomic mass is 35.5. The molecule has 0 saturated heterocycles. The lowest BCUT2D eigenvalue weighted by Gasteiger charge is -2.14. The molecule has 2 rings (SSSR count). The predicted octanol–water partition coefficient (Wildman–Crippen LogP) is 3.78. The number of halogens is 1. The zero-order valence-electron chi connectivity index (χ0n) is 12.3. The first-order valence-electron chi connectivity index (χ1n) is 6.43. The molecular formula is C14H17ClN4OS. The number of thiazole rings is 1. The topological polar surface area (TPSA) is 66.9 Å². The molecule has 0 fully saturated rings. The van der Waals surface area contributed by atoms with E-state index in [1.165, 1.54) is 11.3 Å². The Morgan fingerprint density at radius 2 is 2.00 bits per heavy atom. The molecule has 0 aliphatic rings. The van der Waals surface area contributed by atoms with Crippen LogP contribution < -0.4 is 10.6 Å². The minimum Gasteiger partial charge on any atom is -0.373 e. The zero-order chi connectivity index (χ0) is 15.6. The average Bonchev–Trinajstić information content (AvgIpc) is 2.87. The van der Waals surface area contributed by atoms with Crippen LogP contribution in [0.25, 0.3) is 0 Å². The molecule has 2 aromatic rings. The standard InChI is InChI=1S/C14H17ClN4OS/c1-14(2,3)9-7-21-13(17-9)19-12(20)11-8(15)5-6-10(16-4)18-11/h5-7H,1-4H3,(H,16,18)(H,17,19,20). The monoisotopic (exact) mass is 324 g/mol. The first-order chi connectivity index (χ1) is 9.81. The van der Waals surface area contributed by atoms with Crippen molar-refractivity contribution in [2.45, 2.75) is 26.2 Å². The Morgan fingerprint density at radius 1 is 1.29 bits per heavy atom. The summed E-state index contributed by atoms with van der Waals surface area (Å²) < 4.78 is 0. The third kappa shape index (κ3) is 3.71. The summed E-state index contributed by atoms with van der Waals surface area (Å²) in [5, 5.41) is 8.39. The van der Waals surface area contributed by atoms with E-state index in [0.717, 1.165) is 5.69 Å². The first-order valence-corrected chi connectivity index (χ1v) is 7.68. The number of pyridine rings is 1. The van der Waals surface area contributed by atoms with E-state index < -0.39 is 0 Å². The maximum absolute atomic E-state index is 12.2. The number of amides is 1. The van der Waals surface area contributed by atoms with Crippen molar-refractivity contribution in [3.05, 3.63) is 33.9 Å². The summed E-state index contributed by atoms with van der Waals surface area (Å²) in [6.45, 7) is 6.22. The highest BCUT2D eigenvalue weighted by Crippen LogP contribution is 2.27. The summed E-state index contributed by atoms with van der Waals surface area (Å²) in [6.07, 6.45) is 0. The van der Waals surface area contributed by atoms with Gasteiger partial charge < -0.3 is 5.32 Å². The summed E-state index contributed by atoms with van der Waals surface area (Å²) in [5.41, 5.74) is 1.06. The molecule has 0 atom stereocenters. The number of aromatic nitrogens is 2. The highest BCUT2D eigenvalue weighted by Gasteiger charge is 2.19. The molecule has 0 radical (unpaired) electrons. The van der Waals surface area contributed by atoms with E-state index in [-0.39, 0.29) is 17.0 Å². The second-order valence-electron chi connectivity index (χ2n) is 5.52. The fourth-order valence-corrected chi connectivity index (χ4v) is 2.70. The van der Waals surface area contributed by atoms with Crippen LogP contribution >= 0.6 is 22.9 Å². The van der Waals surface area contributed by atoms with Crippen LogP contribution in [0.1, 0.15) is 37.0 Å². The third-order valence-electron chi connectivity index (χ3n) is 2.81. The second-order valence-corrected chi connectivity index (χ2v) is 6.78. The Morgan fingerprint density at radius 3 is 2.57 bits per heavy atom. The number of carbonyl (C=O) groups excluding carboxylic acids is 1. The molecule has 0 aromatic carbocycles. The predicted molar refractivity (Wildman–Crippen MR) is 87.6 cm³/mol. The minimum absolute atomic E-state index is 0.0541. The molecule has 7 heteroatoms. The lowest BCUT2D eigenvalue weighted by atomic mass is 9.93. The van der Waals surface area contributed by atoms with Gasteiger partial charge in [-0.25, -0.2) is 9.97 Å². The summed E-state index contributed by atoms with van der Waals surface area (Å²) in [6, 6.07) is 3.35. The van der Waals surface area contributed by atoms with Crippen molar-refractivity contribution < 1.29 is 4.79 Å². The lowest BCUT2D eigenvalue weighted by molar-refractivity contribution is 0.102. The zero-order valence-corrected chi connectivity index (χ0v) is 13.9. The lowest BCUT2D eigenvalue weighted by Crippen LogP contribution is -2.16. The Bertz CT molecular complexity index is 663. The number of rotatable bonds is 3. The molecule has 0 saturated carbocycles. The summed E-state index contributed by atoms with van der Waals surface area (Å²) in [5.74, 6) is 0.214. The molecule has 0 bridgehead atoms. The molecule has 2 heterocycles. The van der Waals surface area contributed by atoms with Gasteiger partial charge in [0.05, 0.1) is 10.7 Å². The minimum atomic E-state index is -0.369. The quantitative estimate of drug-likeness (QED) is 0.901. The number of hydrogen-bond acceptors (Lipinski definition) is 5. The van der Waals surface area contributed by atoms with Crippen LogP contribution in [-0.2, 0) is 5.41 Å². The van der Waals surface area contributed by atoms with E-state index in [1.807, 2.05) is 5.38 Å². The SMILES string of the molecule is CNc1ccc(Cl)c(C(=O)Nc2nc(C(C)(C)C)cs2)n1. The Balaban J connectivity index is 2.20. The van der Waals surface area contributed by atoms with Gasteiger partial charge in [0.2, 0.25) is 0 Å². The Kier molecular flexibility index (Phi) is 4.49. The van der Waals surface area contributed by atoms with Crippen molar-refractivity contribution in [3.63, 3.8) is 0 Å². The van der Waals surface area contributed by atoms with E-state index in [4.69, 9.17) is 11.6 Å². The van der Waals surface area contributed by atoms with Crippen LogP contribution in [0.4, 0.5) is 10.9 Å². The van der Waals surface area contributed by atoms with E-state index in [2.05, 4.69) is 41.4 Å². The van der Waals surface area contributed by atoms with Crippen LogP contribution in [0.15, 0.2) is 17.5 Å². The molecule has 112 valence electrons. The normalized spacial score (nSPS) is 11.3. The van der Waals surface area contributed by atoms with Gasteiger partial charge in [0.1, 0.15) is 11.5 Å². The largest absolute Gasteiger partial charge is 0.373 e. The van der Waals surface area contributed by atoms with Gasteiger partial charge in [0.15, 0.2) is 5.13 Å². The molecule has 0 aliphatic carbocycles. The third-order valence-corrected chi connectivity index (χ3v) is 3.87. The van der Waals surface area contributed by atoms with Gasteiger partial charge >= 0.3 is 0 Å². The average molecular weight is 325 g/mol. The molecule has 5 nitrogen and oxygen atoms in total. The molecular weight excluding hydrogens is 308 g/mol.